The Balaban J connectivity index is 2.76. The first-order chi connectivity index (χ1) is 6.74. The highest BCUT2D eigenvalue weighted by Gasteiger charge is 2.10. The van der Waals surface area contributed by atoms with Crippen LogP contribution in [0.3, 0.4) is 0 Å². The highest BCUT2D eigenvalue weighted by Crippen LogP contribution is 2.28. The van der Waals surface area contributed by atoms with Crippen molar-refractivity contribution in [3.05, 3.63) is 34.2 Å². The molecule has 0 bridgehead atoms. The Morgan fingerprint density at radius 2 is 2.29 bits per heavy atom. The summed E-state index contributed by atoms with van der Waals surface area (Å²) in [5.74, 6) is -0.305. The number of rotatable bonds is 2. The van der Waals surface area contributed by atoms with Gasteiger partial charge in [0, 0.05) is 22.5 Å². The summed E-state index contributed by atoms with van der Waals surface area (Å²) in [5, 5.41) is 0.747. The average Bonchev–Trinajstić information content (AvgIpc) is 2.58. The van der Waals surface area contributed by atoms with Crippen molar-refractivity contribution in [2.75, 3.05) is 0 Å². The van der Waals surface area contributed by atoms with Gasteiger partial charge < -0.3 is 9.78 Å². The lowest BCUT2D eigenvalue weighted by Crippen LogP contribution is -1.84. The summed E-state index contributed by atoms with van der Waals surface area (Å²) >= 11 is 3.33. The van der Waals surface area contributed by atoms with Gasteiger partial charge in [0.1, 0.15) is 12.1 Å². The fraction of sp³-hybridized carbons (Fsp3) is 0.100. The SMILES string of the molecule is O=CCc1c[nH]c2c(F)ccc(Br)c12. The number of halogens is 2. The number of aromatic nitrogens is 1. The molecule has 0 saturated heterocycles. The van der Waals surface area contributed by atoms with E-state index in [2.05, 4.69) is 20.9 Å². The first-order valence-electron chi connectivity index (χ1n) is 4.11. The van der Waals surface area contributed by atoms with Crippen molar-refractivity contribution in [3.8, 4) is 0 Å². The Labute approximate surface area is 88.2 Å². The Kier molecular flexibility index (Phi) is 2.37. The standard InChI is InChI=1S/C10H7BrFNO/c11-7-1-2-8(12)10-9(7)6(3-4-14)5-13-10/h1-2,4-5,13H,3H2. The molecule has 2 aromatic rings. The van der Waals surface area contributed by atoms with Crippen LogP contribution < -0.4 is 0 Å². The third-order valence-electron chi connectivity index (χ3n) is 2.12. The van der Waals surface area contributed by atoms with E-state index in [1.165, 1.54) is 6.07 Å². The Morgan fingerprint density at radius 1 is 1.50 bits per heavy atom. The molecule has 0 unspecified atom stereocenters. The van der Waals surface area contributed by atoms with Gasteiger partial charge in [0.05, 0.1) is 5.52 Å². The van der Waals surface area contributed by atoms with Gasteiger partial charge in [-0.1, -0.05) is 15.9 Å². The molecule has 1 aromatic heterocycles. The quantitative estimate of drug-likeness (QED) is 0.823. The number of H-pyrrole nitrogens is 1. The molecule has 0 aliphatic rings. The number of hydrogen-bond acceptors (Lipinski definition) is 1. The molecule has 0 aliphatic heterocycles. The van der Waals surface area contributed by atoms with Gasteiger partial charge in [0.2, 0.25) is 0 Å². The molecule has 0 fully saturated rings. The Morgan fingerprint density at radius 3 is 3.00 bits per heavy atom. The number of nitrogens with one attached hydrogen (secondary N) is 1. The predicted octanol–water partition coefficient (Wildman–Crippen LogP) is 2.81. The molecule has 4 heteroatoms. The topological polar surface area (TPSA) is 32.9 Å². The molecule has 2 nitrogen and oxygen atoms in total. The van der Waals surface area contributed by atoms with Crippen LogP contribution in [0.1, 0.15) is 5.56 Å². The van der Waals surface area contributed by atoms with Crippen molar-refractivity contribution in [3.63, 3.8) is 0 Å². The number of aromatic amines is 1. The molecule has 0 saturated carbocycles. The van der Waals surface area contributed by atoms with Gasteiger partial charge in [-0.15, -0.1) is 0 Å². The normalized spacial score (nSPS) is 10.7. The highest BCUT2D eigenvalue weighted by atomic mass is 79.9. The van der Waals surface area contributed by atoms with Crippen LogP contribution in [-0.2, 0) is 11.2 Å². The second-order valence-electron chi connectivity index (χ2n) is 2.96. The summed E-state index contributed by atoms with van der Waals surface area (Å²) in [6.45, 7) is 0. The molecule has 1 aromatic carbocycles. The van der Waals surface area contributed by atoms with Crippen molar-refractivity contribution < 1.29 is 9.18 Å². The number of carbonyl (C=O) groups excluding carboxylic acids is 1. The summed E-state index contributed by atoms with van der Waals surface area (Å²) in [6.07, 6.45) is 2.76. The Hall–Kier alpha value is -1.16. The molecule has 0 spiro atoms. The molecular formula is C10H7BrFNO. The Bertz CT molecular complexity index is 492. The highest BCUT2D eigenvalue weighted by molar-refractivity contribution is 9.10. The molecule has 72 valence electrons. The van der Waals surface area contributed by atoms with E-state index < -0.39 is 0 Å². The van der Waals surface area contributed by atoms with E-state index in [9.17, 15) is 9.18 Å². The summed E-state index contributed by atoms with van der Waals surface area (Å²) in [6, 6.07) is 3.02. The maximum absolute atomic E-state index is 13.3. The maximum Gasteiger partial charge on any atom is 0.147 e. The van der Waals surface area contributed by atoms with E-state index in [4.69, 9.17) is 0 Å². The van der Waals surface area contributed by atoms with Crippen LogP contribution in [0.15, 0.2) is 22.8 Å². The van der Waals surface area contributed by atoms with Crippen LogP contribution in [-0.4, -0.2) is 11.3 Å². The van der Waals surface area contributed by atoms with E-state index in [1.54, 1.807) is 12.3 Å². The molecule has 2 rings (SSSR count). The minimum Gasteiger partial charge on any atom is -0.358 e. The molecule has 14 heavy (non-hydrogen) atoms. The van der Waals surface area contributed by atoms with Crippen molar-refractivity contribution in [1.82, 2.24) is 4.98 Å². The first kappa shape index (κ1) is 9.40. The lowest BCUT2D eigenvalue weighted by molar-refractivity contribution is -0.107. The van der Waals surface area contributed by atoms with Gasteiger partial charge in [-0.2, -0.15) is 0 Å². The lowest BCUT2D eigenvalue weighted by Gasteiger charge is -1.97. The van der Waals surface area contributed by atoms with Crippen molar-refractivity contribution in [2.45, 2.75) is 6.42 Å². The van der Waals surface area contributed by atoms with Crippen LogP contribution in [0.25, 0.3) is 10.9 Å². The fourth-order valence-electron chi connectivity index (χ4n) is 1.49. The molecule has 0 amide bonds. The zero-order chi connectivity index (χ0) is 10.1. The van der Waals surface area contributed by atoms with Crippen LogP contribution in [0.4, 0.5) is 4.39 Å². The summed E-state index contributed by atoms with van der Waals surface area (Å²) in [5.41, 5.74) is 1.25. The number of aldehydes is 1. The molecular weight excluding hydrogens is 249 g/mol. The zero-order valence-corrected chi connectivity index (χ0v) is 8.77. The van der Waals surface area contributed by atoms with Crippen LogP contribution in [0, 0.1) is 5.82 Å². The van der Waals surface area contributed by atoms with Gasteiger partial charge in [-0.25, -0.2) is 4.39 Å². The van der Waals surface area contributed by atoms with Crippen molar-refractivity contribution in [2.24, 2.45) is 0 Å². The van der Waals surface area contributed by atoms with Gasteiger partial charge >= 0.3 is 0 Å². The molecule has 1 heterocycles. The predicted molar refractivity (Wildman–Crippen MR) is 55.7 cm³/mol. The second-order valence-corrected chi connectivity index (χ2v) is 3.82. The van der Waals surface area contributed by atoms with Gasteiger partial charge in [0.25, 0.3) is 0 Å². The van der Waals surface area contributed by atoms with Crippen LogP contribution in [0.5, 0.6) is 0 Å². The summed E-state index contributed by atoms with van der Waals surface area (Å²) in [4.78, 5) is 13.2. The van der Waals surface area contributed by atoms with Crippen LogP contribution in [0.2, 0.25) is 0 Å². The second kappa shape index (κ2) is 3.53. The van der Waals surface area contributed by atoms with E-state index in [-0.39, 0.29) is 5.82 Å². The monoisotopic (exact) mass is 255 g/mol. The summed E-state index contributed by atoms with van der Waals surface area (Å²) in [7, 11) is 0. The minimum atomic E-state index is -0.305. The third kappa shape index (κ3) is 1.35. The largest absolute Gasteiger partial charge is 0.358 e. The maximum atomic E-state index is 13.3. The number of benzene rings is 1. The van der Waals surface area contributed by atoms with E-state index in [1.807, 2.05) is 0 Å². The molecule has 0 atom stereocenters. The van der Waals surface area contributed by atoms with Gasteiger partial charge in [0.15, 0.2) is 0 Å². The number of fused-ring (bicyclic) bond motifs is 1. The van der Waals surface area contributed by atoms with Crippen molar-refractivity contribution in [1.29, 1.82) is 0 Å². The average molecular weight is 256 g/mol. The van der Waals surface area contributed by atoms with E-state index in [0.29, 0.717) is 11.9 Å². The fourth-order valence-corrected chi connectivity index (χ4v) is 2.07. The van der Waals surface area contributed by atoms with Gasteiger partial charge in [-0.05, 0) is 17.7 Å². The molecule has 0 aliphatic carbocycles. The smallest absolute Gasteiger partial charge is 0.147 e. The van der Waals surface area contributed by atoms with Crippen molar-refractivity contribution >= 4 is 33.1 Å². The van der Waals surface area contributed by atoms with E-state index in [0.717, 1.165) is 21.7 Å². The molecule has 1 N–H and O–H groups in total. The number of hydrogen-bond donors (Lipinski definition) is 1. The van der Waals surface area contributed by atoms with E-state index >= 15 is 0 Å². The zero-order valence-electron chi connectivity index (χ0n) is 7.18. The number of carbonyl (C=O) groups is 1. The molecule has 0 radical (unpaired) electrons. The first-order valence-corrected chi connectivity index (χ1v) is 4.91. The van der Waals surface area contributed by atoms with Crippen LogP contribution >= 0.6 is 15.9 Å². The summed E-state index contributed by atoms with van der Waals surface area (Å²) < 4.78 is 14.1. The third-order valence-corrected chi connectivity index (χ3v) is 2.78. The van der Waals surface area contributed by atoms with Gasteiger partial charge in [-0.3, -0.25) is 0 Å². The lowest BCUT2D eigenvalue weighted by atomic mass is 10.1. The minimum absolute atomic E-state index is 0.294.